The van der Waals surface area contributed by atoms with Gasteiger partial charge in [-0.25, -0.2) is 4.98 Å². The molecule has 0 aliphatic carbocycles. The molecule has 112 valence electrons. The number of fused-ring (bicyclic) bond motifs is 1. The summed E-state index contributed by atoms with van der Waals surface area (Å²) >= 11 is 0. The van der Waals surface area contributed by atoms with Crippen LogP contribution < -0.4 is 11.1 Å². The van der Waals surface area contributed by atoms with Gasteiger partial charge in [-0.05, 0) is 33.3 Å². The van der Waals surface area contributed by atoms with Gasteiger partial charge in [0.05, 0.1) is 16.6 Å². The zero-order valence-corrected chi connectivity index (χ0v) is 12.5. The molecule has 0 unspecified atom stereocenters. The highest BCUT2D eigenvalue weighted by Crippen LogP contribution is 2.22. The second-order valence-electron chi connectivity index (χ2n) is 5.26. The Hall–Kier alpha value is -2.44. The summed E-state index contributed by atoms with van der Waals surface area (Å²) in [6.45, 7) is 6.86. The number of primary amides is 1. The number of hydrogen-bond donors (Lipinski definition) is 2. The zero-order valence-electron chi connectivity index (χ0n) is 12.5. The third-order valence-electron chi connectivity index (χ3n) is 3.63. The minimum atomic E-state index is -1.11. The number of rotatable bonds is 4. The summed E-state index contributed by atoms with van der Waals surface area (Å²) in [5.74, 6) is -0.984. The van der Waals surface area contributed by atoms with Crippen molar-refractivity contribution in [3.63, 3.8) is 0 Å². The van der Waals surface area contributed by atoms with E-state index < -0.39 is 17.4 Å². The maximum absolute atomic E-state index is 12.5. The van der Waals surface area contributed by atoms with E-state index >= 15 is 0 Å². The van der Waals surface area contributed by atoms with Crippen LogP contribution >= 0.6 is 0 Å². The first-order valence-corrected chi connectivity index (χ1v) is 6.64. The molecule has 21 heavy (non-hydrogen) atoms. The SMILES string of the molecule is CC[C@@](C)(NC(=O)c1cc(C)nc2onc(C)c12)C(N)=O. The van der Waals surface area contributed by atoms with Gasteiger partial charge in [-0.15, -0.1) is 0 Å². The van der Waals surface area contributed by atoms with E-state index in [2.05, 4.69) is 15.5 Å². The summed E-state index contributed by atoms with van der Waals surface area (Å²) < 4.78 is 5.09. The summed E-state index contributed by atoms with van der Waals surface area (Å²) in [6.07, 6.45) is 0.393. The Kier molecular flexibility index (Phi) is 3.67. The van der Waals surface area contributed by atoms with Crippen LogP contribution in [0.15, 0.2) is 10.6 Å². The fourth-order valence-corrected chi connectivity index (χ4v) is 2.04. The van der Waals surface area contributed by atoms with Gasteiger partial charge in [-0.1, -0.05) is 12.1 Å². The first-order valence-electron chi connectivity index (χ1n) is 6.64. The first-order chi connectivity index (χ1) is 9.78. The topological polar surface area (TPSA) is 111 Å². The molecular weight excluding hydrogens is 272 g/mol. The molecule has 3 N–H and O–H groups in total. The number of pyridine rings is 1. The van der Waals surface area contributed by atoms with E-state index in [0.29, 0.717) is 34.5 Å². The predicted octanol–water partition coefficient (Wildman–Crippen LogP) is 1.22. The van der Waals surface area contributed by atoms with Crippen LogP contribution in [0.1, 0.15) is 42.0 Å². The number of aromatic nitrogens is 2. The summed E-state index contributed by atoms with van der Waals surface area (Å²) in [4.78, 5) is 28.2. The molecule has 2 rings (SSSR count). The first kappa shape index (κ1) is 15.0. The third-order valence-corrected chi connectivity index (χ3v) is 3.63. The molecule has 0 aliphatic heterocycles. The van der Waals surface area contributed by atoms with E-state index in [1.54, 1.807) is 33.8 Å². The number of nitrogens with one attached hydrogen (secondary N) is 1. The van der Waals surface area contributed by atoms with Crippen LogP contribution in [0.2, 0.25) is 0 Å². The zero-order chi connectivity index (χ0) is 15.8. The molecule has 1 atom stereocenters. The van der Waals surface area contributed by atoms with E-state index in [9.17, 15) is 9.59 Å². The number of nitrogens with two attached hydrogens (primary N) is 1. The molecule has 0 saturated carbocycles. The molecule has 0 radical (unpaired) electrons. The molecule has 2 aromatic rings. The molecule has 2 amide bonds. The van der Waals surface area contributed by atoms with Crippen molar-refractivity contribution < 1.29 is 14.1 Å². The van der Waals surface area contributed by atoms with Crippen LogP contribution in [-0.2, 0) is 4.79 Å². The molecule has 0 aliphatic rings. The van der Waals surface area contributed by atoms with Gasteiger partial charge in [0.15, 0.2) is 0 Å². The van der Waals surface area contributed by atoms with E-state index in [1.165, 1.54) is 0 Å². The quantitative estimate of drug-likeness (QED) is 0.879. The Morgan fingerprint density at radius 2 is 2.10 bits per heavy atom. The van der Waals surface area contributed by atoms with Gasteiger partial charge in [0.1, 0.15) is 5.54 Å². The highest BCUT2D eigenvalue weighted by molar-refractivity contribution is 6.07. The van der Waals surface area contributed by atoms with E-state index in [0.717, 1.165) is 0 Å². The van der Waals surface area contributed by atoms with E-state index in [1.807, 2.05) is 0 Å². The largest absolute Gasteiger partial charge is 0.368 e. The molecule has 0 spiro atoms. The lowest BCUT2D eigenvalue weighted by atomic mass is 9.97. The monoisotopic (exact) mass is 290 g/mol. The smallest absolute Gasteiger partial charge is 0.258 e. The molecule has 7 nitrogen and oxygen atoms in total. The van der Waals surface area contributed by atoms with Crippen molar-refractivity contribution >= 4 is 22.9 Å². The maximum Gasteiger partial charge on any atom is 0.258 e. The van der Waals surface area contributed by atoms with Crippen molar-refractivity contribution in [1.29, 1.82) is 0 Å². The number of carbonyl (C=O) groups excluding carboxylic acids is 2. The van der Waals surface area contributed by atoms with Crippen molar-refractivity contribution in [2.45, 2.75) is 39.7 Å². The predicted molar refractivity (Wildman–Crippen MR) is 76.6 cm³/mol. The van der Waals surface area contributed by atoms with Gasteiger partial charge >= 0.3 is 0 Å². The Morgan fingerprint density at radius 1 is 1.43 bits per heavy atom. The van der Waals surface area contributed by atoms with Crippen LogP contribution in [0, 0.1) is 13.8 Å². The lowest BCUT2D eigenvalue weighted by Crippen LogP contribution is -2.54. The number of nitrogens with zero attached hydrogens (tertiary/aromatic N) is 2. The molecule has 0 aromatic carbocycles. The molecule has 2 aromatic heterocycles. The lowest BCUT2D eigenvalue weighted by molar-refractivity contribution is -0.123. The molecule has 2 heterocycles. The van der Waals surface area contributed by atoms with Crippen molar-refractivity contribution in [1.82, 2.24) is 15.5 Å². The summed E-state index contributed by atoms with van der Waals surface area (Å²) in [5, 5.41) is 7.05. The van der Waals surface area contributed by atoms with E-state index in [-0.39, 0.29) is 0 Å². The average molecular weight is 290 g/mol. The maximum atomic E-state index is 12.5. The Morgan fingerprint density at radius 3 is 2.67 bits per heavy atom. The molecule has 0 saturated heterocycles. The molecule has 0 fully saturated rings. The molecular formula is C14H18N4O3. The standard InChI is InChI=1S/C14H18N4O3/c1-5-14(4,13(15)20)17-11(19)9-6-7(2)16-12-10(9)8(3)18-21-12/h6H,5H2,1-4H3,(H2,15,20)(H,17,19)/t14-/m1/s1. The Labute approximate surface area is 121 Å². The minimum Gasteiger partial charge on any atom is -0.368 e. The van der Waals surface area contributed by atoms with Gasteiger partial charge in [0.2, 0.25) is 5.91 Å². The van der Waals surface area contributed by atoms with Crippen LogP contribution in [0.4, 0.5) is 0 Å². The number of amides is 2. The fourth-order valence-electron chi connectivity index (χ4n) is 2.04. The Bertz CT molecular complexity index is 722. The minimum absolute atomic E-state index is 0.301. The number of aryl methyl sites for hydroxylation is 2. The normalized spacial score (nSPS) is 13.9. The van der Waals surface area contributed by atoms with Crippen LogP contribution in [-0.4, -0.2) is 27.5 Å². The second kappa shape index (κ2) is 5.16. The second-order valence-corrected chi connectivity index (χ2v) is 5.26. The lowest BCUT2D eigenvalue weighted by Gasteiger charge is -2.26. The van der Waals surface area contributed by atoms with Crippen molar-refractivity contribution in [3.05, 3.63) is 23.0 Å². The van der Waals surface area contributed by atoms with Crippen molar-refractivity contribution in [2.75, 3.05) is 0 Å². The summed E-state index contributed by atoms with van der Waals surface area (Å²) in [6, 6.07) is 1.64. The fraction of sp³-hybridized carbons (Fsp3) is 0.429. The van der Waals surface area contributed by atoms with Crippen molar-refractivity contribution in [2.24, 2.45) is 5.73 Å². The van der Waals surface area contributed by atoms with Crippen LogP contribution in [0.25, 0.3) is 11.1 Å². The highest BCUT2D eigenvalue weighted by atomic mass is 16.5. The van der Waals surface area contributed by atoms with Gasteiger partial charge in [-0.2, -0.15) is 0 Å². The van der Waals surface area contributed by atoms with Gasteiger partial charge in [0, 0.05) is 5.69 Å². The average Bonchev–Trinajstić information content (AvgIpc) is 2.78. The van der Waals surface area contributed by atoms with Gasteiger partial charge in [0.25, 0.3) is 11.6 Å². The van der Waals surface area contributed by atoms with Gasteiger partial charge < -0.3 is 15.6 Å². The molecule has 7 heteroatoms. The third kappa shape index (κ3) is 2.58. The van der Waals surface area contributed by atoms with Crippen molar-refractivity contribution in [3.8, 4) is 0 Å². The summed E-state index contributed by atoms with van der Waals surface area (Å²) in [5.41, 5.74) is 6.13. The summed E-state index contributed by atoms with van der Waals surface area (Å²) in [7, 11) is 0. The highest BCUT2D eigenvalue weighted by Gasteiger charge is 2.32. The number of carbonyl (C=O) groups is 2. The molecule has 0 bridgehead atoms. The number of hydrogen-bond acceptors (Lipinski definition) is 5. The van der Waals surface area contributed by atoms with Gasteiger partial charge in [-0.3, -0.25) is 9.59 Å². The van der Waals surface area contributed by atoms with Crippen LogP contribution in [0.3, 0.4) is 0 Å². The van der Waals surface area contributed by atoms with E-state index in [4.69, 9.17) is 10.3 Å². The van der Waals surface area contributed by atoms with Crippen LogP contribution in [0.5, 0.6) is 0 Å². The Balaban J connectivity index is 2.49.